The highest BCUT2D eigenvalue weighted by atomic mass is 79.9. The number of aromatic nitrogens is 1. The summed E-state index contributed by atoms with van der Waals surface area (Å²) in [4.78, 5) is 5.96. The lowest BCUT2D eigenvalue weighted by Crippen LogP contribution is -2.25. The number of hydrogen-bond donors (Lipinski definition) is 1. The zero-order chi connectivity index (χ0) is 15.0. The SMILES string of the molecule is CCc1nc(C(NC2CC2)c2cc(Br)ccc2F)sc1C. The van der Waals surface area contributed by atoms with Crippen LogP contribution in [0.25, 0.3) is 0 Å². The summed E-state index contributed by atoms with van der Waals surface area (Å²) in [5, 5.41) is 4.51. The molecule has 2 nitrogen and oxygen atoms in total. The number of rotatable bonds is 5. The van der Waals surface area contributed by atoms with Crippen LogP contribution in [0.5, 0.6) is 0 Å². The summed E-state index contributed by atoms with van der Waals surface area (Å²) >= 11 is 5.11. The van der Waals surface area contributed by atoms with Crippen LogP contribution < -0.4 is 5.32 Å². The Bertz CT molecular complexity index is 652. The van der Waals surface area contributed by atoms with Gasteiger partial charge in [0.2, 0.25) is 0 Å². The smallest absolute Gasteiger partial charge is 0.128 e. The summed E-state index contributed by atoms with van der Waals surface area (Å²) in [5.41, 5.74) is 1.79. The molecule has 3 rings (SSSR count). The van der Waals surface area contributed by atoms with Crippen LogP contribution in [0.1, 0.15) is 46.9 Å². The lowest BCUT2D eigenvalue weighted by molar-refractivity contribution is 0.543. The summed E-state index contributed by atoms with van der Waals surface area (Å²) in [6.07, 6.45) is 3.24. The van der Waals surface area contributed by atoms with E-state index in [0.717, 1.165) is 34.4 Å². The molecule has 0 amide bonds. The Labute approximate surface area is 136 Å². The molecular formula is C16H18BrFN2S. The van der Waals surface area contributed by atoms with Crippen molar-refractivity contribution >= 4 is 27.3 Å². The van der Waals surface area contributed by atoms with Crippen LogP contribution >= 0.6 is 27.3 Å². The predicted octanol–water partition coefficient (Wildman–Crippen LogP) is 4.76. The summed E-state index contributed by atoms with van der Waals surface area (Å²) in [5.74, 6) is -0.178. The molecule has 2 aromatic rings. The Morgan fingerprint density at radius 2 is 2.24 bits per heavy atom. The van der Waals surface area contributed by atoms with Crippen LogP contribution in [0.15, 0.2) is 22.7 Å². The first-order chi connectivity index (χ1) is 10.1. The quantitative estimate of drug-likeness (QED) is 0.822. The van der Waals surface area contributed by atoms with Gasteiger partial charge in [-0.1, -0.05) is 22.9 Å². The largest absolute Gasteiger partial charge is 0.301 e. The minimum absolute atomic E-state index is 0.154. The maximum Gasteiger partial charge on any atom is 0.128 e. The van der Waals surface area contributed by atoms with E-state index >= 15 is 0 Å². The molecule has 1 atom stereocenters. The maximum absolute atomic E-state index is 14.3. The first-order valence-corrected chi connectivity index (χ1v) is 8.86. The highest BCUT2D eigenvalue weighted by molar-refractivity contribution is 9.10. The Morgan fingerprint density at radius 3 is 2.86 bits per heavy atom. The maximum atomic E-state index is 14.3. The van der Waals surface area contributed by atoms with E-state index in [2.05, 4.69) is 35.1 Å². The Morgan fingerprint density at radius 1 is 1.48 bits per heavy atom. The summed E-state index contributed by atoms with van der Waals surface area (Å²) in [6, 6.07) is 5.44. The third-order valence-corrected chi connectivity index (χ3v) is 5.31. The lowest BCUT2D eigenvalue weighted by atomic mass is 10.1. The number of nitrogens with zero attached hydrogens (tertiary/aromatic N) is 1. The molecule has 1 fully saturated rings. The second-order valence-electron chi connectivity index (χ2n) is 5.45. The van der Waals surface area contributed by atoms with Gasteiger partial charge in [0.25, 0.3) is 0 Å². The molecule has 0 aliphatic heterocycles. The molecule has 1 saturated carbocycles. The van der Waals surface area contributed by atoms with Gasteiger partial charge >= 0.3 is 0 Å². The zero-order valence-corrected chi connectivity index (χ0v) is 14.5. The number of aryl methyl sites for hydroxylation is 2. The minimum Gasteiger partial charge on any atom is -0.301 e. The van der Waals surface area contributed by atoms with Crippen molar-refractivity contribution in [1.29, 1.82) is 0 Å². The molecule has 1 aromatic carbocycles. The summed E-state index contributed by atoms with van der Waals surface area (Å²) in [6.45, 7) is 4.19. The van der Waals surface area contributed by atoms with Crippen LogP contribution in [-0.4, -0.2) is 11.0 Å². The fraction of sp³-hybridized carbons (Fsp3) is 0.438. The zero-order valence-electron chi connectivity index (χ0n) is 12.1. The Hall–Kier alpha value is -0.780. The summed E-state index contributed by atoms with van der Waals surface area (Å²) in [7, 11) is 0. The van der Waals surface area contributed by atoms with Gasteiger partial charge in [0, 0.05) is 21.0 Å². The van der Waals surface area contributed by atoms with Gasteiger partial charge < -0.3 is 5.32 Å². The predicted molar refractivity (Wildman–Crippen MR) is 88.3 cm³/mol. The molecule has 1 unspecified atom stereocenters. The van der Waals surface area contributed by atoms with Gasteiger partial charge in [-0.25, -0.2) is 9.37 Å². The lowest BCUT2D eigenvalue weighted by Gasteiger charge is -2.18. The average Bonchev–Trinajstić information content (AvgIpc) is 3.20. The average molecular weight is 369 g/mol. The molecule has 5 heteroatoms. The van der Waals surface area contributed by atoms with Gasteiger partial charge in [-0.3, -0.25) is 0 Å². The van der Waals surface area contributed by atoms with Crippen molar-refractivity contribution in [1.82, 2.24) is 10.3 Å². The van der Waals surface area contributed by atoms with Gasteiger partial charge in [-0.2, -0.15) is 0 Å². The molecule has 21 heavy (non-hydrogen) atoms. The topological polar surface area (TPSA) is 24.9 Å². The molecule has 1 aliphatic rings. The fourth-order valence-corrected chi connectivity index (χ4v) is 3.89. The number of hydrogen-bond acceptors (Lipinski definition) is 3. The van der Waals surface area contributed by atoms with E-state index in [0.29, 0.717) is 11.6 Å². The first kappa shape index (κ1) is 15.1. The van der Waals surface area contributed by atoms with E-state index in [1.54, 1.807) is 17.4 Å². The van der Waals surface area contributed by atoms with Crippen molar-refractivity contribution in [3.05, 3.63) is 49.6 Å². The van der Waals surface area contributed by atoms with Crippen molar-refractivity contribution in [3.8, 4) is 0 Å². The number of benzene rings is 1. The molecular weight excluding hydrogens is 351 g/mol. The van der Waals surface area contributed by atoms with Gasteiger partial charge in [0.05, 0.1) is 11.7 Å². The number of halogens is 2. The van der Waals surface area contributed by atoms with E-state index in [1.165, 1.54) is 10.9 Å². The Kier molecular flexibility index (Phi) is 4.43. The molecule has 0 bridgehead atoms. The van der Waals surface area contributed by atoms with Crippen LogP contribution in [0.4, 0.5) is 4.39 Å². The van der Waals surface area contributed by atoms with E-state index in [1.807, 2.05) is 6.07 Å². The van der Waals surface area contributed by atoms with Crippen molar-refractivity contribution in [2.24, 2.45) is 0 Å². The normalized spacial score (nSPS) is 16.2. The van der Waals surface area contributed by atoms with Crippen LogP contribution in [0.2, 0.25) is 0 Å². The molecule has 0 radical (unpaired) electrons. The molecule has 112 valence electrons. The van der Waals surface area contributed by atoms with E-state index < -0.39 is 0 Å². The molecule has 1 aliphatic carbocycles. The van der Waals surface area contributed by atoms with Crippen molar-refractivity contribution in [3.63, 3.8) is 0 Å². The molecule has 0 saturated heterocycles. The standard InChI is InChI=1S/C16H18BrFN2S/c1-3-14-9(2)21-16(20-14)15(19-11-5-6-11)12-8-10(17)4-7-13(12)18/h4,7-8,11,15,19H,3,5-6H2,1-2H3. The monoisotopic (exact) mass is 368 g/mol. The third-order valence-electron chi connectivity index (χ3n) is 3.74. The van der Waals surface area contributed by atoms with Crippen LogP contribution in [0.3, 0.4) is 0 Å². The Balaban J connectivity index is 2.01. The highest BCUT2D eigenvalue weighted by Crippen LogP contribution is 2.34. The van der Waals surface area contributed by atoms with Gasteiger partial charge in [0.15, 0.2) is 0 Å². The van der Waals surface area contributed by atoms with E-state index in [9.17, 15) is 4.39 Å². The van der Waals surface area contributed by atoms with E-state index in [4.69, 9.17) is 4.98 Å². The molecule has 0 spiro atoms. The van der Waals surface area contributed by atoms with Crippen LogP contribution in [-0.2, 0) is 6.42 Å². The summed E-state index contributed by atoms with van der Waals surface area (Å²) < 4.78 is 15.2. The first-order valence-electron chi connectivity index (χ1n) is 7.25. The number of nitrogens with one attached hydrogen (secondary N) is 1. The van der Waals surface area contributed by atoms with Gasteiger partial charge in [-0.15, -0.1) is 11.3 Å². The van der Waals surface area contributed by atoms with Crippen LogP contribution in [0, 0.1) is 12.7 Å². The van der Waals surface area contributed by atoms with E-state index in [-0.39, 0.29) is 11.9 Å². The van der Waals surface area contributed by atoms with Gasteiger partial charge in [-0.05, 0) is 44.4 Å². The fourth-order valence-electron chi connectivity index (χ4n) is 2.42. The number of thiazole rings is 1. The molecule has 1 aromatic heterocycles. The minimum atomic E-state index is -0.178. The van der Waals surface area contributed by atoms with Crippen molar-refractivity contribution in [2.75, 3.05) is 0 Å². The highest BCUT2D eigenvalue weighted by Gasteiger charge is 2.30. The second kappa shape index (κ2) is 6.15. The molecule has 1 N–H and O–H groups in total. The molecule has 1 heterocycles. The third kappa shape index (κ3) is 3.35. The second-order valence-corrected chi connectivity index (χ2v) is 7.60. The van der Waals surface area contributed by atoms with Crippen molar-refractivity contribution in [2.45, 2.75) is 45.2 Å². The van der Waals surface area contributed by atoms with Gasteiger partial charge in [0.1, 0.15) is 10.8 Å². The van der Waals surface area contributed by atoms with Crippen molar-refractivity contribution < 1.29 is 4.39 Å².